The summed E-state index contributed by atoms with van der Waals surface area (Å²) in [5, 5.41) is 3.48. The molecule has 0 aliphatic carbocycles. The minimum absolute atomic E-state index is 0.0989. The summed E-state index contributed by atoms with van der Waals surface area (Å²) in [5.74, 6) is 0.599. The molecule has 2 fully saturated rings. The highest BCUT2D eigenvalue weighted by atomic mass is 32.2. The second-order valence-corrected chi connectivity index (χ2v) is 8.72. The maximum absolute atomic E-state index is 11.4. The van der Waals surface area contributed by atoms with E-state index in [1.54, 1.807) is 0 Å². The zero-order valence-electron chi connectivity index (χ0n) is 11.1. The molecule has 0 aromatic rings. The Labute approximate surface area is 104 Å². The van der Waals surface area contributed by atoms with Crippen molar-refractivity contribution in [3.8, 4) is 0 Å². The number of hydrogen-bond acceptors (Lipinski definition) is 4. The van der Waals surface area contributed by atoms with Crippen LogP contribution in [0.2, 0.25) is 0 Å². The second kappa shape index (κ2) is 3.93. The van der Waals surface area contributed by atoms with Crippen LogP contribution in [0.3, 0.4) is 0 Å². The van der Waals surface area contributed by atoms with Crippen LogP contribution in [0.4, 0.5) is 0 Å². The van der Waals surface area contributed by atoms with E-state index in [-0.39, 0.29) is 29.0 Å². The van der Waals surface area contributed by atoms with Gasteiger partial charge in [-0.25, -0.2) is 8.42 Å². The van der Waals surface area contributed by atoms with Crippen molar-refractivity contribution in [2.24, 2.45) is 0 Å². The van der Waals surface area contributed by atoms with Gasteiger partial charge in [0.2, 0.25) is 0 Å². The molecule has 2 unspecified atom stereocenters. The lowest BCUT2D eigenvalue weighted by Gasteiger charge is -2.29. The molecule has 0 aromatic heterocycles. The van der Waals surface area contributed by atoms with Crippen molar-refractivity contribution in [3.05, 3.63) is 0 Å². The zero-order chi connectivity index (χ0) is 12.9. The van der Waals surface area contributed by atoms with E-state index in [0.29, 0.717) is 5.75 Å². The molecule has 5 heteroatoms. The lowest BCUT2D eigenvalue weighted by Crippen LogP contribution is -2.48. The average Bonchev–Trinajstić information content (AvgIpc) is 2.50. The summed E-state index contributed by atoms with van der Waals surface area (Å²) < 4.78 is 28.9. The first-order valence-electron chi connectivity index (χ1n) is 6.26. The first kappa shape index (κ1) is 13.3. The Morgan fingerprint density at radius 1 is 1.24 bits per heavy atom. The van der Waals surface area contributed by atoms with Crippen LogP contribution in [0, 0.1) is 0 Å². The Hall–Kier alpha value is -0.130. The number of sulfone groups is 1. The van der Waals surface area contributed by atoms with E-state index < -0.39 is 9.84 Å². The highest BCUT2D eigenvalue weighted by molar-refractivity contribution is 7.91. The van der Waals surface area contributed by atoms with Crippen molar-refractivity contribution in [2.75, 3.05) is 11.5 Å². The van der Waals surface area contributed by atoms with Crippen LogP contribution >= 0.6 is 0 Å². The number of hydrogen-bond donors (Lipinski definition) is 1. The summed E-state index contributed by atoms with van der Waals surface area (Å²) in [6.45, 7) is 8.31. The molecule has 0 saturated carbocycles. The monoisotopic (exact) mass is 261 g/mol. The molecule has 2 heterocycles. The molecule has 0 amide bonds. The largest absolute Gasteiger partial charge is 0.368 e. The Kier molecular flexibility index (Phi) is 3.08. The van der Waals surface area contributed by atoms with E-state index in [1.807, 2.05) is 0 Å². The Balaban J connectivity index is 2.01. The van der Waals surface area contributed by atoms with Crippen LogP contribution in [0.1, 0.15) is 40.5 Å². The highest BCUT2D eigenvalue weighted by Gasteiger charge is 2.47. The van der Waals surface area contributed by atoms with Crippen molar-refractivity contribution in [1.29, 1.82) is 0 Å². The quantitative estimate of drug-likeness (QED) is 0.809. The number of ether oxygens (including phenoxy) is 1. The van der Waals surface area contributed by atoms with Gasteiger partial charge in [0.1, 0.15) is 0 Å². The fourth-order valence-corrected chi connectivity index (χ4v) is 4.72. The van der Waals surface area contributed by atoms with Crippen molar-refractivity contribution in [2.45, 2.75) is 63.8 Å². The third kappa shape index (κ3) is 3.01. The molecule has 1 N–H and O–H groups in total. The summed E-state index contributed by atoms with van der Waals surface area (Å²) in [7, 11) is -2.81. The Bertz CT molecular complexity index is 400. The minimum Gasteiger partial charge on any atom is -0.368 e. The van der Waals surface area contributed by atoms with Gasteiger partial charge in [0, 0.05) is 12.1 Å². The average molecular weight is 261 g/mol. The van der Waals surface area contributed by atoms with Gasteiger partial charge in [0.05, 0.1) is 22.7 Å². The molecule has 2 saturated heterocycles. The van der Waals surface area contributed by atoms with Gasteiger partial charge in [-0.05, 0) is 40.5 Å². The Morgan fingerprint density at radius 3 is 2.29 bits per heavy atom. The Morgan fingerprint density at radius 2 is 1.88 bits per heavy atom. The van der Waals surface area contributed by atoms with E-state index in [4.69, 9.17) is 4.74 Å². The van der Waals surface area contributed by atoms with Crippen molar-refractivity contribution >= 4 is 9.84 Å². The van der Waals surface area contributed by atoms with Gasteiger partial charge < -0.3 is 10.1 Å². The second-order valence-electron chi connectivity index (χ2n) is 6.49. The maximum atomic E-state index is 11.4. The van der Waals surface area contributed by atoms with Crippen molar-refractivity contribution < 1.29 is 13.2 Å². The molecule has 0 spiro atoms. The topological polar surface area (TPSA) is 55.4 Å². The molecule has 2 rings (SSSR count). The van der Waals surface area contributed by atoms with Crippen LogP contribution in [0.25, 0.3) is 0 Å². The van der Waals surface area contributed by atoms with Gasteiger partial charge in [-0.3, -0.25) is 0 Å². The predicted molar refractivity (Wildman–Crippen MR) is 67.8 cm³/mol. The third-order valence-corrected chi connectivity index (χ3v) is 5.51. The fourth-order valence-electron chi connectivity index (χ4n) is 3.03. The van der Waals surface area contributed by atoms with Crippen LogP contribution in [0.15, 0.2) is 0 Å². The zero-order valence-corrected chi connectivity index (χ0v) is 11.9. The lowest BCUT2D eigenvalue weighted by molar-refractivity contribution is -0.0703. The van der Waals surface area contributed by atoms with Crippen LogP contribution in [0.5, 0.6) is 0 Å². The first-order chi connectivity index (χ1) is 7.60. The summed E-state index contributed by atoms with van der Waals surface area (Å²) in [4.78, 5) is 0. The molecule has 2 aliphatic heterocycles. The molecule has 4 nitrogen and oxygen atoms in total. The van der Waals surface area contributed by atoms with Crippen LogP contribution in [-0.2, 0) is 14.6 Å². The summed E-state index contributed by atoms with van der Waals surface area (Å²) >= 11 is 0. The third-order valence-electron chi connectivity index (χ3n) is 3.74. The van der Waals surface area contributed by atoms with E-state index in [0.717, 1.165) is 12.8 Å². The molecule has 17 heavy (non-hydrogen) atoms. The van der Waals surface area contributed by atoms with Gasteiger partial charge in [-0.2, -0.15) is 0 Å². The minimum atomic E-state index is -2.81. The molecule has 0 radical (unpaired) electrons. The first-order valence-corrected chi connectivity index (χ1v) is 8.08. The fraction of sp³-hybridized carbons (Fsp3) is 1.00. The van der Waals surface area contributed by atoms with E-state index >= 15 is 0 Å². The predicted octanol–water partition coefficient (Wildman–Crippen LogP) is 1.11. The molecule has 0 bridgehead atoms. The molecular formula is C12H23NO3S. The lowest BCUT2D eigenvalue weighted by atomic mass is 9.93. The summed E-state index contributed by atoms with van der Waals surface area (Å²) in [5.41, 5.74) is -0.353. The molecule has 2 atom stereocenters. The molecule has 100 valence electrons. The van der Waals surface area contributed by atoms with Gasteiger partial charge in [-0.15, -0.1) is 0 Å². The summed E-state index contributed by atoms with van der Waals surface area (Å²) in [6, 6.07) is 0.331. The maximum Gasteiger partial charge on any atom is 0.151 e. The molecular weight excluding hydrogens is 238 g/mol. The van der Waals surface area contributed by atoms with Crippen LogP contribution < -0.4 is 5.32 Å². The van der Waals surface area contributed by atoms with Crippen molar-refractivity contribution in [3.63, 3.8) is 0 Å². The van der Waals surface area contributed by atoms with Crippen LogP contribution in [-0.4, -0.2) is 43.2 Å². The van der Waals surface area contributed by atoms with Gasteiger partial charge in [-0.1, -0.05) is 0 Å². The number of rotatable bonds is 2. The molecule has 2 aliphatic rings. The van der Waals surface area contributed by atoms with Crippen molar-refractivity contribution in [1.82, 2.24) is 5.32 Å². The van der Waals surface area contributed by atoms with Gasteiger partial charge in [0.25, 0.3) is 0 Å². The van der Waals surface area contributed by atoms with Gasteiger partial charge in [0.15, 0.2) is 9.84 Å². The molecule has 0 aromatic carbocycles. The SMILES string of the molecule is CC1(C)CC(NC2CCS(=O)(=O)C2)C(C)(C)O1. The normalized spacial score (nSPS) is 38.4. The van der Waals surface area contributed by atoms with Gasteiger partial charge >= 0.3 is 0 Å². The standard InChI is InChI=1S/C12H23NO3S/c1-11(2)7-10(12(3,4)16-11)13-9-5-6-17(14,15)8-9/h9-10,13H,5-8H2,1-4H3. The van der Waals surface area contributed by atoms with E-state index in [2.05, 4.69) is 33.0 Å². The highest BCUT2D eigenvalue weighted by Crippen LogP contribution is 2.37. The number of nitrogens with one attached hydrogen (secondary N) is 1. The smallest absolute Gasteiger partial charge is 0.151 e. The van der Waals surface area contributed by atoms with E-state index in [9.17, 15) is 8.42 Å². The summed E-state index contributed by atoms with van der Waals surface area (Å²) in [6.07, 6.45) is 1.66. The van der Waals surface area contributed by atoms with E-state index in [1.165, 1.54) is 0 Å².